The Hall–Kier alpha value is -1.08. The Balaban J connectivity index is 2.49. The van der Waals surface area contributed by atoms with E-state index in [-0.39, 0.29) is 17.9 Å². The van der Waals surface area contributed by atoms with Crippen LogP contribution in [0.5, 0.6) is 0 Å². The van der Waals surface area contributed by atoms with E-state index in [1.165, 1.54) is 0 Å². The summed E-state index contributed by atoms with van der Waals surface area (Å²) in [6, 6.07) is 2.14. The zero-order valence-corrected chi connectivity index (χ0v) is 9.49. The number of carbonyl (C=O) groups is 1. The summed E-state index contributed by atoms with van der Waals surface area (Å²) < 4.78 is 0. The van der Waals surface area contributed by atoms with E-state index in [4.69, 9.17) is 5.26 Å². The standard InChI is InChI=1S/C11H19N3O/c1-3-13-11(15)10-5-4-6-14(8-10)9(2)7-12/h9-10H,3-6,8H2,1-2H3,(H,13,15)/t9-,10+/m1/s1. The van der Waals surface area contributed by atoms with Crippen molar-refractivity contribution in [1.82, 2.24) is 10.2 Å². The molecule has 2 atom stereocenters. The Morgan fingerprint density at radius 1 is 1.73 bits per heavy atom. The molecule has 0 aromatic carbocycles. The van der Waals surface area contributed by atoms with E-state index in [1.54, 1.807) is 0 Å². The number of nitrogens with zero attached hydrogens (tertiary/aromatic N) is 2. The molecule has 4 heteroatoms. The summed E-state index contributed by atoms with van der Waals surface area (Å²) in [6.07, 6.45) is 1.95. The van der Waals surface area contributed by atoms with Crippen LogP contribution in [0.15, 0.2) is 0 Å². The molecular formula is C11H19N3O. The molecule has 0 aromatic heterocycles. The molecule has 1 fully saturated rings. The highest BCUT2D eigenvalue weighted by atomic mass is 16.1. The second-order valence-corrected chi connectivity index (χ2v) is 4.03. The van der Waals surface area contributed by atoms with Gasteiger partial charge in [-0.05, 0) is 33.2 Å². The topological polar surface area (TPSA) is 56.1 Å². The molecule has 0 unspecified atom stereocenters. The monoisotopic (exact) mass is 209 g/mol. The fourth-order valence-corrected chi connectivity index (χ4v) is 1.97. The first-order valence-corrected chi connectivity index (χ1v) is 5.60. The van der Waals surface area contributed by atoms with Crippen molar-refractivity contribution in [2.75, 3.05) is 19.6 Å². The number of nitriles is 1. The summed E-state index contributed by atoms with van der Waals surface area (Å²) in [5, 5.41) is 11.7. The van der Waals surface area contributed by atoms with Crippen molar-refractivity contribution < 1.29 is 4.79 Å². The van der Waals surface area contributed by atoms with Crippen LogP contribution in [0.25, 0.3) is 0 Å². The Morgan fingerprint density at radius 2 is 2.47 bits per heavy atom. The molecule has 0 saturated carbocycles. The molecule has 0 radical (unpaired) electrons. The second kappa shape index (κ2) is 5.72. The van der Waals surface area contributed by atoms with Gasteiger partial charge in [-0.1, -0.05) is 0 Å². The second-order valence-electron chi connectivity index (χ2n) is 4.03. The van der Waals surface area contributed by atoms with E-state index >= 15 is 0 Å². The number of hydrogen-bond acceptors (Lipinski definition) is 3. The highest BCUT2D eigenvalue weighted by Gasteiger charge is 2.27. The van der Waals surface area contributed by atoms with Gasteiger partial charge < -0.3 is 5.32 Å². The minimum Gasteiger partial charge on any atom is -0.356 e. The third kappa shape index (κ3) is 3.21. The van der Waals surface area contributed by atoms with Crippen molar-refractivity contribution in [2.24, 2.45) is 5.92 Å². The number of piperidine rings is 1. The largest absolute Gasteiger partial charge is 0.356 e. The number of hydrogen-bond donors (Lipinski definition) is 1. The van der Waals surface area contributed by atoms with Gasteiger partial charge in [-0.3, -0.25) is 9.69 Å². The van der Waals surface area contributed by atoms with E-state index in [9.17, 15) is 4.79 Å². The van der Waals surface area contributed by atoms with Crippen molar-refractivity contribution in [2.45, 2.75) is 32.7 Å². The van der Waals surface area contributed by atoms with E-state index in [1.807, 2.05) is 13.8 Å². The first kappa shape index (κ1) is 12.0. The molecule has 0 aliphatic carbocycles. The van der Waals surface area contributed by atoms with Gasteiger partial charge in [-0.25, -0.2) is 0 Å². The summed E-state index contributed by atoms with van der Waals surface area (Å²) in [6.45, 7) is 6.16. The molecule has 1 amide bonds. The van der Waals surface area contributed by atoms with Crippen LogP contribution in [-0.4, -0.2) is 36.5 Å². The van der Waals surface area contributed by atoms with Gasteiger partial charge in [-0.15, -0.1) is 0 Å². The summed E-state index contributed by atoms with van der Waals surface area (Å²) in [5.41, 5.74) is 0. The summed E-state index contributed by atoms with van der Waals surface area (Å²) >= 11 is 0. The molecule has 1 saturated heterocycles. The quantitative estimate of drug-likeness (QED) is 0.746. The Bertz CT molecular complexity index is 259. The van der Waals surface area contributed by atoms with Crippen molar-refractivity contribution in [3.05, 3.63) is 0 Å². The van der Waals surface area contributed by atoms with Gasteiger partial charge in [0.2, 0.25) is 5.91 Å². The van der Waals surface area contributed by atoms with Crippen LogP contribution in [-0.2, 0) is 4.79 Å². The smallest absolute Gasteiger partial charge is 0.224 e. The molecular weight excluding hydrogens is 190 g/mol. The van der Waals surface area contributed by atoms with Crippen LogP contribution in [0.1, 0.15) is 26.7 Å². The number of amides is 1. The van der Waals surface area contributed by atoms with Crippen molar-refractivity contribution >= 4 is 5.91 Å². The van der Waals surface area contributed by atoms with Gasteiger partial charge in [0, 0.05) is 13.1 Å². The van der Waals surface area contributed by atoms with Gasteiger partial charge in [0.05, 0.1) is 18.0 Å². The Morgan fingerprint density at radius 3 is 3.07 bits per heavy atom. The third-order valence-corrected chi connectivity index (χ3v) is 2.91. The Labute approximate surface area is 91.2 Å². The van der Waals surface area contributed by atoms with Gasteiger partial charge in [0.15, 0.2) is 0 Å². The van der Waals surface area contributed by atoms with Crippen LogP contribution in [0.2, 0.25) is 0 Å². The first-order chi connectivity index (χ1) is 7.19. The molecule has 1 heterocycles. The van der Waals surface area contributed by atoms with E-state index < -0.39 is 0 Å². The average Bonchev–Trinajstić information content (AvgIpc) is 2.28. The van der Waals surface area contributed by atoms with Crippen molar-refractivity contribution in [3.8, 4) is 6.07 Å². The highest BCUT2D eigenvalue weighted by molar-refractivity contribution is 5.78. The fraction of sp³-hybridized carbons (Fsp3) is 0.818. The first-order valence-electron chi connectivity index (χ1n) is 5.60. The summed E-state index contributed by atoms with van der Waals surface area (Å²) in [5.74, 6) is 0.196. The van der Waals surface area contributed by atoms with E-state index in [2.05, 4.69) is 16.3 Å². The molecule has 1 rings (SSSR count). The lowest BCUT2D eigenvalue weighted by Crippen LogP contribution is -2.45. The third-order valence-electron chi connectivity index (χ3n) is 2.91. The minimum atomic E-state index is -0.0813. The van der Waals surface area contributed by atoms with Crippen LogP contribution in [0, 0.1) is 17.2 Å². The summed E-state index contributed by atoms with van der Waals surface area (Å²) in [4.78, 5) is 13.7. The number of likely N-dealkylation sites (tertiary alicyclic amines) is 1. The van der Waals surface area contributed by atoms with Gasteiger partial charge in [0.25, 0.3) is 0 Å². The normalized spacial score (nSPS) is 24.2. The number of rotatable bonds is 3. The average molecular weight is 209 g/mol. The molecule has 0 spiro atoms. The van der Waals surface area contributed by atoms with Crippen molar-refractivity contribution in [1.29, 1.82) is 5.26 Å². The SMILES string of the molecule is CCNC(=O)[C@H]1CCCN([C@H](C)C#N)C1. The van der Waals surface area contributed by atoms with Gasteiger partial charge in [-0.2, -0.15) is 5.26 Å². The molecule has 0 bridgehead atoms. The predicted octanol–water partition coefficient (Wildman–Crippen LogP) is 0.747. The molecule has 1 aliphatic rings. The lowest BCUT2D eigenvalue weighted by molar-refractivity contribution is -0.126. The highest BCUT2D eigenvalue weighted by Crippen LogP contribution is 2.18. The van der Waals surface area contributed by atoms with Gasteiger partial charge >= 0.3 is 0 Å². The van der Waals surface area contributed by atoms with Crippen LogP contribution >= 0.6 is 0 Å². The number of nitrogens with one attached hydrogen (secondary N) is 1. The van der Waals surface area contributed by atoms with Crippen LogP contribution in [0.3, 0.4) is 0 Å². The van der Waals surface area contributed by atoms with Gasteiger partial charge in [0.1, 0.15) is 0 Å². The Kier molecular flexibility index (Phi) is 4.57. The molecule has 4 nitrogen and oxygen atoms in total. The number of carbonyl (C=O) groups excluding carboxylic acids is 1. The fourth-order valence-electron chi connectivity index (χ4n) is 1.97. The maximum Gasteiger partial charge on any atom is 0.224 e. The van der Waals surface area contributed by atoms with E-state index in [0.29, 0.717) is 6.54 Å². The lowest BCUT2D eigenvalue weighted by Gasteiger charge is -2.33. The molecule has 0 aromatic rings. The van der Waals surface area contributed by atoms with Crippen LogP contribution < -0.4 is 5.32 Å². The lowest BCUT2D eigenvalue weighted by atomic mass is 9.96. The zero-order chi connectivity index (χ0) is 11.3. The van der Waals surface area contributed by atoms with Crippen LogP contribution in [0.4, 0.5) is 0 Å². The minimum absolute atomic E-state index is 0.0644. The summed E-state index contributed by atoms with van der Waals surface area (Å²) in [7, 11) is 0. The molecule has 15 heavy (non-hydrogen) atoms. The molecule has 1 N–H and O–H groups in total. The maximum absolute atomic E-state index is 11.6. The van der Waals surface area contributed by atoms with E-state index in [0.717, 1.165) is 25.9 Å². The zero-order valence-electron chi connectivity index (χ0n) is 9.49. The predicted molar refractivity (Wildman–Crippen MR) is 58.1 cm³/mol. The maximum atomic E-state index is 11.6. The molecule has 1 aliphatic heterocycles. The molecule has 84 valence electrons. The van der Waals surface area contributed by atoms with Crippen molar-refractivity contribution in [3.63, 3.8) is 0 Å².